The fraction of sp³-hybridized carbons (Fsp3) is 0.167. The van der Waals surface area contributed by atoms with Crippen LogP contribution in [0.5, 0.6) is 17.2 Å². The standard InChI is InChI=1S/C18H14O6/c1-8(19)3-9-4-11-15(13(20)5-9)18(23)16-12(17(11)22)6-10(24-2)7-14(16)21/h4-7,20-21H,3H2,1-2H3. The number of phenols is 2. The fourth-order valence-electron chi connectivity index (χ4n) is 2.90. The van der Waals surface area contributed by atoms with Gasteiger partial charge in [-0.1, -0.05) is 0 Å². The van der Waals surface area contributed by atoms with E-state index < -0.39 is 11.6 Å². The number of ether oxygens (including phenoxy) is 1. The lowest BCUT2D eigenvalue weighted by Crippen LogP contribution is -2.22. The van der Waals surface area contributed by atoms with Crippen molar-refractivity contribution in [3.05, 3.63) is 52.1 Å². The number of Topliss-reactive ketones (excluding diaryl/α,β-unsaturated/α-hetero) is 1. The zero-order chi connectivity index (χ0) is 17.6. The van der Waals surface area contributed by atoms with Crippen molar-refractivity contribution >= 4 is 17.3 Å². The number of methoxy groups -OCH3 is 1. The van der Waals surface area contributed by atoms with E-state index >= 15 is 0 Å². The monoisotopic (exact) mass is 326 g/mol. The first-order chi connectivity index (χ1) is 11.3. The number of hydrogen-bond donors (Lipinski definition) is 2. The summed E-state index contributed by atoms with van der Waals surface area (Å²) >= 11 is 0. The first-order valence-corrected chi connectivity index (χ1v) is 7.19. The molecule has 122 valence electrons. The molecule has 6 heteroatoms. The minimum atomic E-state index is -0.647. The topological polar surface area (TPSA) is 101 Å². The van der Waals surface area contributed by atoms with Crippen molar-refractivity contribution in [3.63, 3.8) is 0 Å². The molecule has 24 heavy (non-hydrogen) atoms. The molecule has 2 aromatic rings. The van der Waals surface area contributed by atoms with Crippen LogP contribution in [-0.4, -0.2) is 34.7 Å². The van der Waals surface area contributed by atoms with Crippen molar-refractivity contribution in [1.29, 1.82) is 0 Å². The van der Waals surface area contributed by atoms with Gasteiger partial charge in [0.25, 0.3) is 0 Å². The predicted octanol–water partition coefficient (Wildman–Crippen LogP) is 2.01. The highest BCUT2D eigenvalue weighted by Gasteiger charge is 2.35. The summed E-state index contributed by atoms with van der Waals surface area (Å²) in [4.78, 5) is 36.7. The first kappa shape index (κ1) is 15.7. The van der Waals surface area contributed by atoms with Gasteiger partial charge in [0.1, 0.15) is 23.0 Å². The Morgan fingerprint density at radius 1 is 0.958 bits per heavy atom. The highest BCUT2D eigenvalue weighted by molar-refractivity contribution is 6.30. The van der Waals surface area contributed by atoms with Gasteiger partial charge in [-0.25, -0.2) is 0 Å². The smallest absolute Gasteiger partial charge is 0.201 e. The molecular formula is C18H14O6. The molecule has 0 saturated carbocycles. The normalized spacial score (nSPS) is 12.6. The SMILES string of the molecule is COc1cc(O)c2c(c1)C(=O)c1cc(CC(C)=O)cc(O)c1C2=O. The number of phenolic OH excluding ortho intramolecular Hbond substituents is 2. The van der Waals surface area contributed by atoms with Crippen LogP contribution >= 0.6 is 0 Å². The predicted molar refractivity (Wildman–Crippen MR) is 84.0 cm³/mol. The van der Waals surface area contributed by atoms with Crippen LogP contribution in [0.4, 0.5) is 0 Å². The second-order valence-corrected chi connectivity index (χ2v) is 5.64. The maximum absolute atomic E-state index is 12.7. The largest absolute Gasteiger partial charge is 0.507 e. The Morgan fingerprint density at radius 3 is 2.12 bits per heavy atom. The van der Waals surface area contributed by atoms with Crippen LogP contribution in [0.2, 0.25) is 0 Å². The van der Waals surface area contributed by atoms with Gasteiger partial charge in [0.15, 0.2) is 5.78 Å². The van der Waals surface area contributed by atoms with Gasteiger partial charge in [-0.3, -0.25) is 14.4 Å². The minimum absolute atomic E-state index is 0.00345. The lowest BCUT2D eigenvalue weighted by Gasteiger charge is -2.20. The molecule has 0 saturated heterocycles. The van der Waals surface area contributed by atoms with E-state index in [0.717, 1.165) is 0 Å². The van der Waals surface area contributed by atoms with E-state index in [2.05, 4.69) is 0 Å². The molecule has 0 amide bonds. The summed E-state index contributed by atoms with van der Waals surface area (Å²) in [6, 6.07) is 5.32. The lowest BCUT2D eigenvalue weighted by atomic mass is 9.82. The Bertz CT molecular complexity index is 910. The van der Waals surface area contributed by atoms with Gasteiger partial charge in [-0.05, 0) is 30.7 Å². The number of carbonyl (C=O) groups excluding carboxylic acids is 3. The number of carbonyl (C=O) groups is 3. The number of hydrogen-bond acceptors (Lipinski definition) is 6. The molecule has 0 aromatic heterocycles. The van der Waals surface area contributed by atoms with Gasteiger partial charge in [-0.15, -0.1) is 0 Å². The van der Waals surface area contributed by atoms with Crippen LogP contribution < -0.4 is 4.74 Å². The zero-order valence-corrected chi connectivity index (χ0v) is 13.0. The second kappa shape index (κ2) is 5.49. The Kier molecular flexibility index (Phi) is 3.60. The number of benzene rings is 2. The molecule has 0 radical (unpaired) electrons. The highest BCUT2D eigenvalue weighted by atomic mass is 16.5. The van der Waals surface area contributed by atoms with Gasteiger partial charge in [0, 0.05) is 23.6 Å². The van der Waals surface area contributed by atoms with Gasteiger partial charge < -0.3 is 14.9 Å². The minimum Gasteiger partial charge on any atom is -0.507 e. The summed E-state index contributed by atoms with van der Waals surface area (Å²) in [7, 11) is 1.38. The van der Waals surface area contributed by atoms with E-state index in [-0.39, 0.29) is 51.7 Å². The molecular weight excluding hydrogens is 312 g/mol. The van der Waals surface area contributed by atoms with Crippen molar-refractivity contribution in [3.8, 4) is 17.2 Å². The average Bonchev–Trinajstić information content (AvgIpc) is 2.50. The maximum Gasteiger partial charge on any atom is 0.201 e. The number of rotatable bonds is 3. The van der Waals surface area contributed by atoms with Crippen molar-refractivity contribution in [2.45, 2.75) is 13.3 Å². The summed E-state index contributed by atoms with van der Waals surface area (Å²) in [6.07, 6.45) is 0.0402. The summed E-state index contributed by atoms with van der Waals surface area (Å²) in [5, 5.41) is 20.2. The van der Waals surface area contributed by atoms with Crippen LogP contribution in [0, 0.1) is 0 Å². The molecule has 1 aliphatic rings. The number of aromatic hydroxyl groups is 2. The second-order valence-electron chi connectivity index (χ2n) is 5.64. The molecule has 0 spiro atoms. The number of fused-ring (bicyclic) bond motifs is 2. The Labute approximate surface area is 137 Å². The van der Waals surface area contributed by atoms with Gasteiger partial charge >= 0.3 is 0 Å². The summed E-state index contributed by atoms with van der Waals surface area (Å²) in [6.45, 7) is 1.39. The van der Waals surface area contributed by atoms with Crippen LogP contribution in [0.25, 0.3) is 0 Å². The molecule has 0 heterocycles. The Hall–Kier alpha value is -3.15. The van der Waals surface area contributed by atoms with Crippen LogP contribution in [0.15, 0.2) is 24.3 Å². The quantitative estimate of drug-likeness (QED) is 0.763. The molecule has 0 fully saturated rings. The summed E-state index contributed by atoms with van der Waals surface area (Å²) in [5.74, 6) is -1.84. The van der Waals surface area contributed by atoms with E-state index in [4.69, 9.17) is 4.74 Å². The van der Waals surface area contributed by atoms with E-state index in [1.165, 1.54) is 38.3 Å². The highest BCUT2D eigenvalue weighted by Crippen LogP contribution is 2.39. The summed E-state index contributed by atoms with van der Waals surface area (Å²) < 4.78 is 5.02. The molecule has 0 atom stereocenters. The molecule has 2 N–H and O–H groups in total. The van der Waals surface area contributed by atoms with Crippen molar-refractivity contribution in [1.82, 2.24) is 0 Å². The summed E-state index contributed by atoms with van der Waals surface area (Å²) in [5.41, 5.74) is 0.124. The third-order valence-electron chi connectivity index (χ3n) is 3.90. The van der Waals surface area contributed by atoms with E-state index in [0.29, 0.717) is 5.56 Å². The third kappa shape index (κ3) is 2.32. The van der Waals surface area contributed by atoms with Gasteiger partial charge in [0.2, 0.25) is 5.78 Å². The molecule has 0 unspecified atom stereocenters. The van der Waals surface area contributed by atoms with Crippen molar-refractivity contribution in [2.75, 3.05) is 7.11 Å². The Balaban J connectivity index is 2.25. The van der Waals surface area contributed by atoms with Crippen LogP contribution in [-0.2, 0) is 11.2 Å². The van der Waals surface area contributed by atoms with E-state index in [1.807, 2.05) is 0 Å². The molecule has 0 aliphatic heterocycles. The molecule has 6 nitrogen and oxygen atoms in total. The average molecular weight is 326 g/mol. The fourth-order valence-corrected chi connectivity index (χ4v) is 2.90. The molecule has 0 bridgehead atoms. The number of ketones is 3. The maximum atomic E-state index is 12.7. The van der Waals surface area contributed by atoms with E-state index in [1.54, 1.807) is 0 Å². The van der Waals surface area contributed by atoms with E-state index in [9.17, 15) is 24.6 Å². The van der Waals surface area contributed by atoms with Crippen molar-refractivity contribution < 1.29 is 29.3 Å². The Morgan fingerprint density at radius 2 is 1.54 bits per heavy atom. The molecule has 3 rings (SSSR count). The zero-order valence-electron chi connectivity index (χ0n) is 13.0. The molecule has 1 aliphatic carbocycles. The van der Waals surface area contributed by atoms with Gasteiger partial charge in [-0.2, -0.15) is 0 Å². The van der Waals surface area contributed by atoms with Crippen LogP contribution in [0.1, 0.15) is 44.3 Å². The lowest BCUT2D eigenvalue weighted by molar-refractivity contribution is -0.116. The first-order valence-electron chi connectivity index (χ1n) is 7.19. The molecule has 2 aromatic carbocycles. The van der Waals surface area contributed by atoms with Crippen molar-refractivity contribution in [2.24, 2.45) is 0 Å². The van der Waals surface area contributed by atoms with Crippen LogP contribution in [0.3, 0.4) is 0 Å². The van der Waals surface area contributed by atoms with Gasteiger partial charge in [0.05, 0.1) is 18.2 Å². The third-order valence-corrected chi connectivity index (χ3v) is 3.90.